The maximum atomic E-state index is 12.6. The van der Waals surface area contributed by atoms with Gasteiger partial charge in [-0.15, -0.1) is 11.3 Å². The highest BCUT2D eigenvalue weighted by atomic mass is 32.1. The number of rotatable bonds is 4. The quantitative estimate of drug-likeness (QED) is 0.875. The molecule has 7 nitrogen and oxygen atoms in total. The highest BCUT2D eigenvalue weighted by molar-refractivity contribution is 7.09. The predicted molar refractivity (Wildman–Crippen MR) is 83.8 cm³/mol. The number of benzene rings is 1. The fourth-order valence-corrected chi connectivity index (χ4v) is 3.16. The molecule has 1 aromatic heterocycles. The van der Waals surface area contributed by atoms with E-state index in [4.69, 9.17) is 5.73 Å². The molecule has 1 saturated heterocycles. The molecular formula is C15H14N4O3S. The van der Waals surface area contributed by atoms with E-state index in [0.717, 1.165) is 10.5 Å². The summed E-state index contributed by atoms with van der Waals surface area (Å²) in [5.74, 6) is -1.34. The minimum Gasteiger partial charge on any atom is -0.364 e. The SMILES string of the molecule is NC(=O)c1csc(CN2C(=O)NCC(c3ccccc3)C2=O)n1. The van der Waals surface area contributed by atoms with Crippen molar-refractivity contribution in [3.8, 4) is 0 Å². The van der Waals surface area contributed by atoms with Crippen molar-refractivity contribution in [1.82, 2.24) is 15.2 Å². The Morgan fingerprint density at radius 1 is 1.35 bits per heavy atom. The van der Waals surface area contributed by atoms with Crippen molar-refractivity contribution in [2.45, 2.75) is 12.5 Å². The normalized spacial score (nSPS) is 17.9. The lowest BCUT2D eigenvalue weighted by Gasteiger charge is -2.31. The van der Waals surface area contributed by atoms with Gasteiger partial charge in [-0.05, 0) is 5.56 Å². The molecule has 1 aromatic carbocycles. The first kappa shape index (κ1) is 15.2. The number of nitrogens with one attached hydrogen (secondary N) is 1. The van der Waals surface area contributed by atoms with Crippen molar-refractivity contribution < 1.29 is 14.4 Å². The summed E-state index contributed by atoms with van der Waals surface area (Å²) in [5.41, 5.74) is 6.14. The van der Waals surface area contributed by atoms with Crippen LogP contribution in [0, 0.1) is 0 Å². The van der Waals surface area contributed by atoms with E-state index >= 15 is 0 Å². The molecule has 23 heavy (non-hydrogen) atoms. The Morgan fingerprint density at radius 3 is 2.74 bits per heavy atom. The predicted octanol–water partition coefficient (Wildman–Crippen LogP) is 1.08. The fourth-order valence-electron chi connectivity index (χ4n) is 2.39. The summed E-state index contributed by atoms with van der Waals surface area (Å²) in [6.45, 7) is 0.286. The second-order valence-corrected chi connectivity index (χ2v) is 6.01. The number of nitrogens with zero attached hydrogens (tertiary/aromatic N) is 2. The number of urea groups is 1. The van der Waals surface area contributed by atoms with Gasteiger partial charge in [0.1, 0.15) is 10.7 Å². The van der Waals surface area contributed by atoms with Crippen molar-refractivity contribution in [3.63, 3.8) is 0 Å². The van der Waals surface area contributed by atoms with Gasteiger partial charge in [-0.1, -0.05) is 30.3 Å². The Kier molecular flexibility index (Phi) is 4.07. The van der Waals surface area contributed by atoms with E-state index in [1.165, 1.54) is 16.7 Å². The zero-order valence-corrected chi connectivity index (χ0v) is 12.9. The van der Waals surface area contributed by atoms with Gasteiger partial charge in [0.25, 0.3) is 5.91 Å². The monoisotopic (exact) mass is 330 g/mol. The Morgan fingerprint density at radius 2 is 2.09 bits per heavy atom. The second-order valence-electron chi connectivity index (χ2n) is 5.06. The van der Waals surface area contributed by atoms with Crippen LogP contribution < -0.4 is 11.1 Å². The summed E-state index contributed by atoms with van der Waals surface area (Å²) in [5, 5.41) is 4.71. The molecule has 0 aliphatic carbocycles. The van der Waals surface area contributed by atoms with Gasteiger partial charge in [-0.2, -0.15) is 0 Å². The molecule has 0 spiro atoms. The van der Waals surface area contributed by atoms with Crippen LogP contribution in [0.4, 0.5) is 4.79 Å². The van der Waals surface area contributed by atoms with Crippen molar-refractivity contribution in [1.29, 1.82) is 0 Å². The number of imide groups is 1. The highest BCUT2D eigenvalue weighted by Gasteiger charge is 2.35. The molecule has 2 heterocycles. The Bertz CT molecular complexity index is 759. The van der Waals surface area contributed by atoms with Gasteiger partial charge in [-0.3, -0.25) is 14.5 Å². The zero-order chi connectivity index (χ0) is 16.4. The molecule has 3 N–H and O–H groups in total. The number of hydrogen-bond acceptors (Lipinski definition) is 5. The number of thiazole rings is 1. The maximum absolute atomic E-state index is 12.6. The number of nitrogens with two attached hydrogens (primary N) is 1. The van der Waals surface area contributed by atoms with Crippen LogP contribution >= 0.6 is 11.3 Å². The molecule has 0 saturated carbocycles. The first-order chi connectivity index (χ1) is 11.1. The summed E-state index contributed by atoms with van der Waals surface area (Å²) >= 11 is 1.19. The third kappa shape index (κ3) is 3.07. The minimum atomic E-state index is -0.635. The standard InChI is InChI=1S/C15H14N4O3S/c16-13(20)11-8-23-12(18-11)7-19-14(21)10(6-17-15(19)22)9-4-2-1-3-5-9/h1-5,8,10H,6-7H2,(H2,16,20)(H,17,22). The molecule has 2 aromatic rings. The summed E-state index contributed by atoms with van der Waals surface area (Å²) in [7, 11) is 0. The molecule has 1 fully saturated rings. The van der Waals surface area contributed by atoms with E-state index in [-0.39, 0.29) is 24.7 Å². The number of amides is 4. The zero-order valence-electron chi connectivity index (χ0n) is 12.1. The summed E-state index contributed by atoms with van der Waals surface area (Å²) in [4.78, 5) is 40.9. The van der Waals surface area contributed by atoms with Crippen LogP contribution in [0.2, 0.25) is 0 Å². The van der Waals surface area contributed by atoms with Crippen LogP contribution in [0.15, 0.2) is 35.7 Å². The van der Waals surface area contributed by atoms with E-state index in [0.29, 0.717) is 5.01 Å². The largest absolute Gasteiger partial charge is 0.364 e. The van der Waals surface area contributed by atoms with E-state index < -0.39 is 17.9 Å². The van der Waals surface area contributed by atoms with Gasteiger partial charge in [-0.25, -0.2) is 9.78 Å². The molecule has 1 unspecified atom stereocenters. The Balaban J connectivity index is 1.80. The van der Waals surface area contributed by atoms with Gasteiger partial charge in [0.05, 0.1) is 12.5 Å². The Hall–Kier alpha value is -2.74. The van der Waals surface area contributed by atoms with Crippen molar-refractivity contribution >= 4 is 29.2 Å². The third-order valence-corrected chi connectivity index (χ3v) is 4.40. The lowest BCUT2D eigenvalue weighted by atomic mass is 9.96. The smallest absolute Gasteiger partial charge is 0.324 e. The van der Waals surface area contributed by atoms with Crippen LogP contribution in [-0.2, 0) is 11.3 Å². The van der Waals surface area contributed by atoms with E-state index in [1.807, 2.05) is 30.3 Å². The molecule has 118 valence electrons. The number of primary amides is 1. The molecule has 3 rings (SSSR count). The summed E-state index contributed by atoms with van der Waals surface area (Å²) in [6, 6.07) is 8.82. The second kappa shape index (κ2) is 6.17. The molecular weight excluding hydrogens is 316 g/mol. The average molecular weight is 330 g/mol. The Labute approximate surface area is 136 Å². The molecule has 4 amide bonds. The molecule has 1 aliphatic heterocycles. The first-order valence-electron chi connectivity index (χ1n) is 6.94. The van der Waals surface area contributed by atoms with Crippen molar-refractivity contribution in [3.05, 3.63) is 52.0 Å². The lowest BCUT2D eigenvalue weighted by Crippen LogP contribution is -2.53. The molecule has 0 radical (unpaired) electrons. The number of carbonyl (C=O) groups is 3. The average Bonchev–Trinajstić information content (AvgIpc) is 3.01. The van der Waals surface area contributed by atoms with E-state index in [1.54, 1.807) is 0 Å². The number of hydrogen-bond donors (Lipinski definition) is 2. The van der Waals surface area contributed by atoms with Crippen LogP contribution in [0.3, 0.4) is 0 Å². The fraction of sp³-hybridized carbons (Fsp3) is 0.200. The third-order valence-electron chi connectivity index (χ3n) is 3.57. The minimum absolute atomic E-state index is 0.0198. The van der Waals surface area contributed by atoms with E-state index in [9.17, 15) is 14.4 Å². The van der Waals surface area contributed by atoms with Gasteiger partial charge in [0, 0.05) is 11.9 Å². The van der Waals surface area contributed by atoms with Gasteiger partial charge in [0.15, 0.2) is 0 Å². The van der Waals surface area contributed by atoms with Crippen molar-refractivity contribution in [2.24, 2.45) is 5.73 Å². The maximum Gasteiger partial charge on any atom is 0.324 e. The topological polar surface area (TPSA) is 105 Å². The van der Waals surface area contributed by atoms with Crippen molar-refractivity contribution in [2.75, 3.05) is 6.54 Å². The van der Waals surface area contributed by atoms with Crippen LogP contribution in [-0.4, -0.2) is 34.3 Å². The lowest BCUT2D eigenvalue weighted by molar-refractivity contribution is -0.131. The van der Waals surface area contributed by atoms with Crippen LogP contribution in [0.1, 0.15) is 27.0 Å². The highest BCUT2D eigenvalue weighted by Crippen LogP contribution is 2.23. The molecule has 1 atom stereocenters. The number of carbonyl (C=O) groups excluding carboxylic acids is 3. The van der Waals surface area contributed by atoms with Crippen LogP contribution in [0.25, 0.3) is 0 Å². The molecule has 8 heteroatoms. The summed E-state index contributed by atoms with van der Waals surface area (Å²) < 4.78 is 0. The van der Waals surface area contributed by atoms with Crippen LogP contribution in [0.5, 0.6) is 0 Å². The molecule has 1 aliphatic rings. The number of aromatic nitrogens is 1. The van der Waals surface area contributed by atoms with Gasteiger partial charge < -0.3 is 11.1 Å². The first-order valence-corrected chi connectivity index (χ1v) is 7.82. The summed E-state index contributed by atoms with van der Waals surface area (Å²) in [6.07, 6.45) is 0. The van der Waals surface area contributed by atoms with Gasteiger partial charge >= 0.3 is 6.03 Å². The van der Waals surface area contributed by atoms with E-state index in [2.05, 4.69) is 10.3 Å². The van der Waals surface area contributed by atoms with Gasteiger partial charge in [0.2, 0.25) is 5.91 Å². The molecule has 0 bridgehead atoms.